The third-order valence-corrected chi connectivity index (χ3v) is 2.46. The Bertz CT molecular complexity index is 500. The molecule has 1 aromatic rings. The Morgan fingerprint density at radius 1 is 1.44 bits per heavy atom. The Hall–Kier alpha value is -1.38. The summed E-state index contributed by atoms with van der Waals surface area (Å²) in [5, 5.41) is 0. The van der Waals surface area contributed by atoms with Gasteiger partial charge in [0.25, 0.3) is 0 Å². The van der Waals surface area contributed by atoms with Crippen LogP contribution in [0.25, 0.3) is 4.85 Å². The van der Waals surface area contributed by atoms with E-state index in [0.717, 1.165) is 6.20 Å². The quantitative estimate of drug-likeness (QED) is 0.541. The first-order valence-electron chi connectivity index (χ1n) is 5.24. The molecule has 0 spiro atoms. The number of pyridine rings is 1. The second-order valence-electron chi connectivity index (χ2n) is 3.97. The zero-order valence-electron chi connectivity index (χ0n) is 9.96. The fourth-order valence-corrected chi connectivity index (χ4v) is 1.45. The molecule has 0 saturated heterocycles. The van der Waals surface area contributed by atoms with Gasteiger partial charge in [-0.2, -0.15) is 0 Å². The van der Waals surface area contributed by atoms with Gasteiger partial charge in [-0.05, 0) is 19.9 Å². The average molecular weight is 421 g/mol. The van der Waals surface area contributed by atoms with E-state index in [9.17, 15) is 4.39 Å². The van der Waals surface area contributed by atoms with Crippen LogP contribution in [0.3, 0.4) is 0 Å². The molecule has 0 N–H and O–H groups in total. The first-order chi connectivity index (χ1) is 8.11. The zero-order chi connectivity index (χ0) is 12.4. The standard InChI is InChI=1S/C11H11BFN4.Ir/c1-8(2)16-4-5-17(12-16)11-6-10(14-3)9(13)7-15-11;/h4-8H,1-2H3;. The second kappa shape index (κ2) is 5.99. The number of rotatable bonds is 2. The molecule has 0 saturated carbocycles. The molecule has 94 valence electrons. The predicted molar refractivity (Wildman–Crippen MR) is 64.8 cm³/mol. The summed E-state index contributed by atoms with van der Waals surface area (Å²) in [4.78, 5) is 10.8. The molecule has 4 nitrogen and oxygen atoms in total. The molecule has 2 radical (unpaired) electrons. The summed E-state index contributed by atoms with van der Waals surface area (Å²) in [6.07, 6.45) is 4.81. The van der Waals surface area contributed by atoms with Crippen LogP contribution in [0.15, 0.2) is 24.7 Å². The van der Waals surface area contributed by atoms with Crippen molar-refractivity contribution in [1.82, 2.24) is 9.79 Å². The zero-order valence-corrected chi connectivity index (χ0v) is 12.4. The molecule has 1 aromatic heterocycles. The monoisotopic (exact) mass is 422 g/mol. The van der Waals surface area contributed by atoms with Gasteiger partial charge in [0, 0.05) is 38.5 Å². The van der Waals surface area contributed by atoms with Gasteiger partial charge in [-0.15, -0.1) is 0 Å². The van der Waals surface area contributed by atoms with Crippen molar-refractivity contribution in [3.05, 3.63) is 41.9 Å². The third kappa shape index (κ3) is 2.89. The molecule has 0 bridgehead atoms. The number of hydrogen-bond acceptors (Lipinski definition) is 3. The van der Waals surface area contributed by atoms with Gasteiger partial charge < -0.3 is 9.62 Å². The summed E-state index contributed by atoms with van der Waals surface area (Å²) in [6.45, 7) is 11.0. The number of halogens is 1. The smallest absolute Gasteiger partial charge is 0.396 e. The molecule has 2 rings (SSSR count). The van der Waals surface area contributed by atoms with Gasteiger partial charge in [-0.1, -0.05) is 0 Å². The van der Waals surface area contributed by atoms with Crippen molar-refractivity contribution in [1.29, 1.82) is 0 Å². The summed E-state index contributed by atoms with van der Waals surface area (Å²) in [7, 11) is 1.86. The minimum absolute atomic E-state index is 0. The summed E-state index contributed by atoms with van der Waals surface area (Å²) in [5.41, 5.74) is -0.0141. The van der Waals surface area contributed by atoms with E-state index < -0.39 is 5.82 Å². The summed E-state index contributed by atoms with van der Waals surface area (Å²) in [6, 6.07) is 1.78. The predicted octanol–water partition coefficient (Wildman–Crippen LogP) is 2.30. The van der Waals surface area contributed by atoms with E-state index in [1.54, 1.807) is 4.81 Å². The molecule has 7 heteroatoms. The van der Waals surface area contributed by atoms with Crippen molar-refractivity contribution < 1.29 is 24.5 Å². The number of hydrogen-bond donors (Lipinski definition) is 0. The van der Waals surface area contributed by atoms with Crippen LogP contribution in [-0.4, -0.2) is 23.4 Å². The molecule has 18 heavy (non-hydrogen) atoms. The molecule has 2 heterocycles. The van der Waals surface area contributed by atoms with Crippen LogP contribution >= 0.6 is 0 Å². The van der Waals surface area contributed by atoms with Gasteiger partial charge in [0.05, 0.1) is 12.8 Å². The van der Waals surface area contributed by atoms with Crippen LogP contribution in [0.5, 0.6) is 0 Å². The summed E-state index contributed by atoms with van der Waals surface area (Å²) >= 11 is 0. The van der Waals surface area contributed by atoms with Crippen molar-refractivity contribution in [3.63, 3.8) is 0 Å². The van der Waals surface area contributed by atoms with Crippen LogP contribution < -0.4 is 4.81 Å². The van der Waals surface area contributed by atoms with Crippen LogP contribution in [0.4, 0.5) is 15.9 Å². The van der Waals surface area contributed by atoms with Crippen LogP contribution in [0.1, 0.15) is 13.8 Å². The van der Waals surface area contributed by atoms with E-state index >= 15 is 0 Å². The van der Waals surface area contributed by atoms with Crippen LogP contribution in [-0.2, 0) is 20.1 Å². The van der Waals surface area contributed by atoms with Crippen molar-refractivity contribution in [3.8, 4) is 0 Å². The summed E-state index contributed by atoms with van der Waals surface area (Å²) < 4.78 is 13.1. The fourth-order valence-electron chi connectivity index (χ4n) is 1.45. The Morgan fingerprint density at radius 3 is 2.72 bits per heavy atom. The maximum atomic E-state index is 13.1. The normalized spacial score (nSPS) is 13.3. The first kappa shape index (κ1) is 14.7. The topological polar surface area (TPSA) is 23.7 Å². The molecule has 0 fully saturated rings. The molecular formula is C11H11BFIrN4. The van der Waals surface area contributed by atoms with Gasteiger partial charge in [0.2, 0.25) is 5.69 Å². The Morgan fingerprint density at radius 2 is 2.17 bits per heavy atom. The Balaban J connectivity index is 0.00000162. The average Bonchev–Trinajstić information content (AvgIpc) is 2.79. The minimum Gasteiger partial charge on any atom is -0.401 e. The molecule has 0 unspecified atom stereocenters. The number of nitrogens with zero attached hydrogens (tertiary/aromatic N) is 4. The maximum Gasteiger partial charge on any atom is 0.396 e. The van der Waals surface area contributed by atoms with Gasteiger partial charge in [0.1, 0.15) is 11.6 Å². The third-order valence-electron chi connectivity index (χ3n) is 2.46. The maximum absolute atomic E-state index is 13.1. The van der Waals surface area contributed by atoms with Gasteiger partial charge in [0.15, 0.2) is 0 Å². The largest absolute Gasteiger partial charge is 0.401 e. The van der Waals surface area contributed by atoms with Crippen molar-refractivity contribution in [2.24, 2.45) is 0 Å². The Labute approximate surface area is 120 Å². The van der Waals surface area contributed by atoms with E-state index in [1.807, 2.05) is 24.8 Å². The van der Waals surface area contributed by atoms with Crippen LogP contribution in [0.2, 0.25) is 0 Å². The van der Waals surface area contributed by atoms with Crippen molar-refractivity contribution in [2.45, 2.75) is 19.9 Å². The van der Waals surface area contributed by atoms with Crippen molar-refractivity contribution in [2.75, 3.05) is 4.81 Å². The number of aromatic nitrogens is 1. The molecule has 0 aromatic carbocycles. The van der Waals surface area contributed by atoms with E-state index in [2.05, 4.69) is 23.7 Å². The molecule has 0 atom stereocenters. The van der Waals surface area contributed by atoms with Gasteiger partial charge in [-0.3, -0.25) is 0 Å². The molecule has 0 aliphatic carbocycles. The van der Waals surface area contributed by atoms with Crippen molar-refractivity contribution >= 4 is 19.1 Å². The molecule has 1 aliphatic rings. The fraction of sp³-hybridized carbons (Fsp3) is 0.273. The van der Waals surface area contributed by atoms with Gasteiger partial charge >= 0.3 is 7.55 Å². The molecule has 1 aliphatic heterocycles. The number of anilines is 1. The SMILES string of the molecule is [C-]#[N+]c1cc(N2[B]N(C(C)C)C=C2)ncc1F.[Ir]. The van der Waals surface area contributed by atoms with E-state index in [4.69, 9.17) is 6.57 Å². The van der Waals surface area contributed by atoms with Crippen LogP contribution in [0, 0.1) is 12.4 Å². The molecule has 0 amide bonds. The molecular weight excluding hydrogens is 410 g/mol. The van der Waals surface area contributed by atoms with E-state index in [0.29, 0.717) is 11.9 Å². The Kier molecular flexibility index (Phi) is 4.88. The van der Waals surface area contributed by atoms with E-state index in [-0.39, 0.29) is 25.8 Å². The van der Waals surface area contributed by atoms with E-state index in [1.165, 1.54) is 6.07 Å². The van der Waals surface area contributed by atoms with Gasteiger partial charge in [-0.25, -0.2) is 14.2 Å². The minimum atomic E-state index is -0.590. The summed E-state index contributed by atoms with van der Waals surface area (Å²) in [5.74, 6) is -0.0514. The second-order valence-corrected chi connectivity index (χ2v) is 3.97. The first-order valence-corrected chi connectivity index (χ1v) is 5.24.